The van der Waals surface area contributed by atoms with Crippen molar-refractivity contribution >= 4 is 27.3 Å². The molecular formula is C18H19N3O6S. The van der Waals surface area contributed by atoms with Crippen molar-refractivity contribution in [3.05, 3.63) is 58.1 Å². The van der Waals surface area contributed by atoms with Crippen LogP contribution in [0.1, 0.15) is 30.1 Å². The standard InChI is InChI=1S/C18H19N3O6S/c1-2-27-17-9-6-12(10-16(17)21(23)24)18(22)19-14-4-3-5-15(11-14)28(25,26)20-13-7-8-13/h3-6,9-11,13,20H,2,7-8H2,1H3,(H,19,22). The van der Waals surface area contributed by atoms with E-state index in [2.05, 4.69) is 10.0 Å². The van der Waals surface area contributed by atoms with Gasteiger partial charge in [-0.3, -0.25) is 14.9 Å². The van der Waals surface area contributed by atoms with Crippen LogP contribution in [0.4, 0.5) is 11.4 Å². The third-order valence-corrected chi connectivity index (χ3v) is 5.54. The van der Waals surface area contributed by atoms with Crippen molar-refractivity contribution in [3.63, 3.8) is 0 Å². The minimum Gasteiger partial charge on any atom is -0.487 e. The van der Waals surface area contributed by atoms with Crippen molar-refractivity contribution in [1.82, 2.24) is 4.72 Å². The van der Waals surface area contributed by atoms with Gasteiger partial charge in [0.2, 0.25) is 10.0 Å². The normalized spacial score (nSPS) is 13.8. The number of sulfonamides is 1. The van der Waals surface area contributed by atoms with Gasteiger partial charge in [-0.2, -0.15) is 0 Å². The fraction of sp³-hybridized carbons (Fsp3) is 0.278. The SMILES string of the molecule is CCOc1ccc(C(=O)Nc2cccc(S(=O)(=O)NC3CC3)c2)cc1[N+](=O)[O-]. The van der Waals surface area contributed by atoms with Crippen molar-refractivity contribution in [1.29, 1.82) is 0 Å². The van der Waals surface area contributed by atoms with Crippen LogP contribution >= 0.6 is 0 Å². The second-order valence-corrected chi connectivity index (χ2v) is 7.96. The molecule has 0 bridgehead atoms. The Morgan fingerprint density at radius 2 is 2.00 bits per heavy atom. The zero-order chi connectivity index (χ0) is 20.3. The summed E-state index contributed by atoms with van der Waals surface area (Å²) in [7, 11) is -3.66. The van der Waals surface area contributed by atoms with E-state index in [1.165, 1.54) is 36.4 Å². The molecule has 1 amide bonds. The molecule has 0 radical (unpaired) electrons. The number of carbonyl (C=O) groups excluding carboxylic acids is 1. The number of nitrogens with one attached hydrogen (secondary N) is 2. The molecule has 0 aromatic heterocycles. The number of ether oxygens (including phenoxy) is 1. The number of hydrogen-bond acceptors (Lipinski definition) is 6. The summed E-state index contributed by atoms with van der Waals surface area (Å²) in [5.41, 5.74) is -0.000750. The number of carbonyl (C=O) groups is 1. The fourth-order valence-corrected chi connectivity index (χ4v) is 3.86. The van der Waals surface area contributed by atoms with Gasteiger partial charge in [0, 0.05) is 23.4 Å². The summed E-state index contributed by atoms with van der Waals surface area (Å²) < 4.78 is 32.4. The monoisotopic (exact) mass is 405 g/mol. The Kier molecular flexibility index (Phi) is 5.61. The highest BCUT2D eigenvalue weighted by Gasteiger charge is 2.28. The zero-order valence-corrected chi connectivity index (χ0v) is 15.9. The van der Waals surface area contributed by atoms with Gasteiger partial charge in [0.1, 0.15) is 0 Å². The maximum atomic E-state index is 12.5. The van der Waals surface area contributed by atoms with Crippen LogP contribution in [-0.4, -0.2) is 31.9 Å². The minimum atomic E-state index is -3.66. The molecular weight excluding hydrogens is 386 g/mol. The number of benzene rings is 2. The van der Waals surface area contributed by atoms with Gasteiger partial charge in [0.05, 0.1) is 16.4 Å². The lowest BCUT2D eigenvalue weighted by molar-refractivity contribution is -0.385. The highest BCUT2D eigenvalue weighted by atomic mass is 32.2. The van der Waals surface area contributed by atoms with Crippen molar-refractivity contribution in [2.75, 3.05) is 11.9 Å². The van der Waals surface area contributed by atoms with E-state index < -0.39 is 20.9 Å². The van der Waals surface area contributed by atoms with Gasteiger partial charge < -0.3 is 10.1 Å². The van der Waals surface area contributed by atoms with Crippen molar-refractivity contribution in [2.24, 2.45) is 0 Å². The second kappa shape index (κ2) is 7.95. The predicted molar refractivity (Wildman–Crippen MR) is 102 cm³/mol. The number of rotatable bonds is 8. The lowest BCUT2D eigenvalue weighted by Crippen LogP contribution is -2.25. The molecule has 10 heteroatoms. The molecule has 0 unspecified atom stereocenters. The summed E-state index contributed by atoms with van der Waals surface area (Å²) in [5.74, 6) is -0.529. The summed E-state index contributed by atoms with van der Waals surface area (Å²) in [6, 6.07) is 9.67. The molecule has 3 rings (SSSR count). The second-order valence-electron chi connectivity index (χ2n) is 6.25. The number of amides is 1. The van der Waals surface area contributed by atoms with E-state index in [1.807, 2.05) is 0 Å². The third kappa shape index (κ3) is 4.65. The van der Waals surface area contributed by atoms with Gasteiger partial charge in [0.25, 0.3) is 5.91 Å². The average Bonchev–Trinajstić information content (AvgIpc) is 3.45. The van der Waals surface area contributed by atoms with Crippen molar-refractivity contribution < 1.29 is 22.9 Å². The smallest absolute Gasteiger partial charge is 0.311 e. The van der Waals surface area contributed by atoms with E-state index in [-0.39, 0.29) is 40.2 Å². The third-order valence-electron chi connectivity index (χ3n) is 4.02. The minimum absolute atomic E-state index is 0.0346. The first-order valence-electron chi connectivity index (χ1n) is 8.65. The van der Waals surface area contributed by atoms with E-state index in [0.717, 1.165) is 18.9 Å². The van der Waals surface area contributed by atoms with Crippen LogP contribution in [0.5, 0.6) is 5.75 Å². The van der Waals surface area contributed by atoms with Crippen LogP contribution in [0.3, 0.4) is 0 Å². The van der Waals surface area contributed by atoms with Crippen molar-refractivity contribution in [3.8, 4) is 5.75 Å². The molecule has 28 heavy (non-hydrogen) atoms. The summed E-state index contributed by atoms with van der Waals surface area (Å²) >= 11 is 0. The molecule has 9 nitrogen and oxygen atoms in total. The Labute approximate surface area is 161 Å². The first-order valence-corrected chi connectivity index (χ1v) is 10.1. The zero-order valence-electron chi connectivity index (χ0n) is 15.0. The van der Waals surface area contributed by atoms with Crippen LogP contribution in [0.15, 0.2) is 47.4 Å². The summed E-state index contributed by atoms with van der Waals surface area (Å²) in [6.45, 7) is 1.95. The Bertz CT molecular complexity index is 1020. The molecule has 0 heterocycles. The first-order chi connectivity index (χ1) is 13.3. The van der Waals surface area contributed by atoms with Crippen molar-refractivity contribution in [2.45, 2.75) is 30.7 Å². The lowest BCUT2D eigenvalue weighted by atomic mass is 10.1. The summed E-state index contributed by atoms with van der Waals surface area (Å²) in [5, 5.41) is 13.8. The highest BCUT2D eigenvalue weighted by molar-refractivity contribution is 7.89. The molecule has 2 aromatic carbocycles. The van der Waals surface area contributed by atoms with Crippen LogP contribution in [0, 0.1) is 10.1 Å². The molecule has 0 atom stereocenters. The Balaban J connectivity index is 1.80. The van der Waals surface area contributed by atoms with Gasteiger partial charge in [-0.25, -0.2) is 13.1 Å². The molecule has 2 aromatic rings. The molecule has 148 valence electrons. The van der Waals surface area contributed by atoms with Gasteiger partial charge in [0.15, 0.2) is 5.75 Å². The number of nitro groups is 1. The first kappa shape index (κ1) is 19.8. The van der Waals surface area contributed by atoms with Gasteiger partial charge in [-0.1, -0.05) is 6.07 Å². The van der Waals surface area contributed by atoms with Crippen LogP contribution in [0.2, 0.25) is 0 Å². The molecule has 1 fully saturated rings. The number of hydrogen-bond donors (Lipinski definition) is 2. The van der Waals surface area contributed by atoms with Crippen LogP contribution < -0.4 is 14.8 Å². The fourth-order valence-electron chi connectivity index (χ4n) is 2.51. The van der Waals surface area contributed by atoms with Gasteiger partial charge >= 0.3 is 5.69 Å². The van der Waals surface area contributed by atoms with E-state index in [9.17, 15) is 23.3 Å². The number of nitro benzene ring substituents is 1. The average molecular weight is 405 g/mol. The van der Waals surface area contributed by atoms with E-state index in [4.69, 9.17) is 4.74 Å². The Morgan fingerprint density at radius 3 is 2.64 bits per heavy atom. The van der Waals surface area contributed by atoms with E-state index in [0.29, 0.717) is 0 Å². The van der Waals surface area contributed by atoms with E-state index in [1.54, 1.807) is 6.92 Å². The number of anilines is 1. The Morgan fingerprint density at radius 1 is 1.25 bits per heavy atom. The molecule has 1 aliphatic rings. The van der Waals surface area contributed by atoms with Gasteiger partial charge in [-0.15, -0.1) is 0 Å². The molecule has 1 aliphatic carbocycles. The largest absolute Gasteiger partial charge is 0.487 e. The molecule has 0 saturated heterocycles. The number of nitrogens with zero attached hydrogens (tertiary/aromatic N) is 1. The highest BCUT2D eigenvalue weighted by Crippen LogP contribution is 2.28. The summed E-state index contributed by atoms with van der Waals surface area (Å²) in [4.78, 5) is 23.1. The molecule has 1 saturated carbocycles. The maximum Gasteiger partial charge on any atom is 0.311 e. The predicted octanol–water partition coefficient (Wildman–Crippen LogP) is 2.69. The van der Waals surface area contributed by atoms with Crippen LogP contribution in [0.25, 0.3) is 0 Å². The van der Waals surface area contributed by atoms with Gasteiger partial charge in [-0.05, 0) is 50.1 Å². The van der Waals surface area contributed by atoms with Crippen LogP contribution in [-0.2, 0) is 10.0 Å². The lowest BCUT2D eigenvalue weighted by Gasteiger charge is -2.10. The maximum absolute atomic E-state index is 12.5. The topological polar surface area (TPSA) is 128 Å². The molecule has 0 aliphatic heterocycles. The Hall–Kier alpha value is -2.98. The van der Waals surface area contributed by atoms with E-state index >= 15 is 0 Å². The molecule has 0 spiro atoms. The quantitative estimate of drug-likeness (QED) is 0.513. The summed E-state index contributed by atoms with van der Waals surface area (Å²) in [6.07, 6.45) is 1.62. The molecule has 2 N–H and O–H groups in total.